The number of nitrogens with two attached hydrogens (primary N) is 1. The average molecular weight is 363 g/mol. The van der Waals surface area contributed by atoms with Crippen molar-refractivity contribution in [3.63, 3.8) is 0 Å². The summed E-state index contributed by atoms with van der Waals surface area (Å²) in [6, 6.07) is 4.91. The Kier molecular flexibility index (Phi) is 5.93. The molecule has 0 aliphatic carbocycles. The van der Waals surface area contributed by atoms with E-state index < -0.39 is 0 Å². The molecule has 0 saturated carbocycles. The standard InChI is InChI=1S/C10H11BrN4O2S2/c1-17-7-3-2-5(4-6(7)11)8(16)13-10(19)15-14-9(12)18/h2-4H,1H3,(H3,12,14,18)(H2,13,15,16,19). The topological polar surface area (TPSA) is 88.4 Å². The number of nitrogens with one attached hydrogen (secondary N) is 3. The van der Waals surface area contributed by atoms with Crippen molar-refractivity contribution in [3.8, 4) is 5.75 Å². The van der Waals surface area contributed by atoms with Crippen molar-refractivity contribution < 1.29 is 9.53 Å². The van der Waals surface area contributed by atoms with Crippen LogP contribution in [0.3, 0.4) is 0 Å². The van der Waals surface area contributed by atoms with Crippen LogP contribution in [0.2, 0.25) is 0 Å². The van der Waals surface area contributed by atoms with Crippen molar-refractivity contribution in [3.05, 3.63) is 28.2 Å². The highest BCUT2D eigenvalue weighted by molar-refractivity contribution is 9.10. The molecule has 0 aliphatic rings. The SMILES string of the molecule is COc1ccc(C(=O)NC(=S)NNC(N)=S)cc1Br. The molecular weight excluding hydrogens is 352 g/mol. The van der Waals surface area contributed by atoms with Gasteiger partial charge in [-0.2, -0.15) is 0 Å². The normalized spacial score (nSPS) is 9.37. The number of carbonyl (C=O) groups excluding carboxylic acids is 1. The number of amides is 1. The summed E-state index contributed by atoms with van der Waals surface area (Å²) in [5.41, 5.74) is 10.5. The molecule has 0 radical (unpaired) electrons. The minimum atomic E-state index is -0.370. The number of benzene rings is 1. The van der Waals surface area contributed by atoms with Crippen molar-refractivity contribution >= 4 is 56.5 Å². The number of hydrazine groups is 1. The van der Waals surface area contributed by atoms with E-state index in [1.165, 1.54) is 0 Å². The van der Waals surface area contributed by atoms with E-state index in [9.17, 15) is 4.79 Å². The lowest BCUT2D eigenvalue weighted by Crippen LogP contribution is -2.50. The number of halogens is 1. The number of methoxy groups -OCH3 is 1. The van der Waals surface area contributed by atoms with Gasteiger partial charge in [-0.3, -0.25) is 21.0 Å². The fraction of sp³-hybridized carbons (Fsp3) is 0.100. The van der Waals surface area contributed by atoms with Crippen molar-refractivity contribution in [1.82, 2.24) is 16.2 Å². The number of ether oxygens (including phenoxy) is 1. The number of carbonyl (C=O) groups is 1. The molecule has 0 aromatic heterocycles. The zero-order valence-corrected chi connectivity index (χ0v) is 13.0. The van der Waals surface area contributed by atoms with Gasteiger partial charge in [-0.15, -0.1) is 0 Å². The fourth-order valence-electron chi connectivity index (χ4n) is 1.13. The summed E-state index contributed by atoms with van der Waals surface area (Å²) in [5, 5.41) is 2.54. The Bertz CT molecular complexity index is 524. The maximum atomic E-state index is 11.9. The lowest BCUT2D eigenvalue weighted by atomic mass is 10.2. The molecule has 1 aromatic rings. The van der Waals surface area contributed by atoms with E-state index in [-0.39, 0.29) is 16.1 Å². The Labute approximate surface area is 129 Å². The maximum absolute atomic E-state index is 11.9. The lowest BCUT2D eigenvalue weighted by molar-refractivity contribution is 0.0976. The number of hydrogen-bond donors (Lipinski definition) is 4. The Morgan fingerprint density at radius 1 is 1.37 bits per heavy atom. The molecule has 102 valence electrons. The summed E-state index contributed by atoms with van der Waals surface area (Å²) in [5.74, 6) is 0.262. The van der Waals surface area contributed by atoms with Gasteiger partial charge < -0.3 is 10.5 Å². The van der Waals surface area contributed by atoms with Crippen molar-refractivity contribution in [2.45, 2.75) is 0 Å². The number of rotatable bonds is 2. The summed E-state index contributed by atoms with van der Waals surface area (Å²) in [6.07, 6.45) is 0. The molecule has 6 nitrogen and oxygen atoms in total. The highest BCUT2D eigenvalue weighted by Crippen LogP contribution is 2.25. The van der Waals surface area contributed by atoms with Crippen LogP contribution in [-0.2, 0) is 0 Å². The van der Waals surface area contributed by atoms with Gasteiger partial charge in [-0.25, -0.2) is 0 Å². The molecule has 1 amide bonds. The Morgan fingerprint density at radius 3 is 2.58 bits per heavy atom. The van der Waals surface area contributed by atoms with Gasteiger partial charge in [0.15, 0.2) is 10.2 Å². The van der Waals surface area contributed by atoms with Gasteiger partial charge in [0, 0.05) is 5.56 Å². The maximum Gasteiger partial charge on any atom is 0.257 e. The molecule has 0 spiro atoms. The molecule has 0 aliphatic heterocycles. The van der Waals surface area contributed by atoms with Crippen molar-refractivity contribution in [2.24, 2.45) is 5.73 Å². The molecule has 0 saturated heterocycles. The third-order valence-electron chi connectivity index (χ3n) is 1.94. The van der Waals surface area contributed by atoms with Crippen LogP contribution in [0, 0.1) is 0 Å². The summed E-state index contributed by atoms with van der Waals surface area (Å²) < 4.78 is 5.74. The van der Waals surface area contributed by atoms with Crippen molar-refractivity contribution in [2.75, 3.05) is 7.11 Å². The second kappa shape index (κ2) is 7.22. The van der Waals surface area contributed by atoms with Crippen LogP contribution in [0.15, 0.2) is 22.7 Å². The zero-order chi connectivity index (χ0) is 14.4. The van der Waals surface area contributed by atoms with Crippen LogP contribution in [0.5, 0.6) is 5.75 Å². The highest BCUT2D eigenvalue weighted by atomic mass is 79.9. The minimum Gasteiger partial charge on any atom is -0.496 e. The van der Waals surface area contributed by atoms with Gasteiger partial charge in [-0.05, 0) is 58.6 Å². The van der Waals surface area contributed by atoms with Crippen LogP contribution in [0.1, 0.15) is 10.4 Å². The molecule has 1 rings (SSSR count). The lowest BCUT2D eigenvalue weighted by Gasteiger charge is -2.11. The van der Waals surface area contributed by atoms with E-state index in [2.05, 4.69) is 44.3 Å². The monoisotopic (exact) mass is 362 g/mol. The molecule has 0 heterocycles. The quantitative estimate of drug-likeness (QED) is 0.457. The first-order chi connectivity index (χ1) is 8.93. The molecule has 19 heavy (non-hydrogen) atoms. The first-order valence-corrected chi connectivity index (χ1v) is 6.55. The van der Waals surface area contributed by atoms with E-state index in [1.54, 1.807) is 25.3 Å². The summed E-state index contributed by atoms with van der Waals surface area (Å²) >= 11 is 12.7. The zero-order valence-electron chi connectivity index (χ0n) is 9.82. The van der Waals surface area contributed by atoms with Gasteiger partial charge in [0.25, 0.3) is 5.91 Å². The summed E-state index contributed by atoms with van der Waals surface area (Å²) in [4.78, 5) is 11.9. The highest BCUT2D eigenvalue weighted by Gasteiger charge is 2.10. The second-order valence-corrected chi connectivity index (χ2v) is 4.95. The minimum absolute atomic E-state index is 0.0174. The fourth-order valence-corrected chi connectivity index (χ4v) is 1.87. The van der Waals surface area contributed by atoms with Crippen LogP contribution < -0.4 is 26.6 Å². The first-order valence-electron chi connectivity index (χ1n) is 4.94. The van der Waals surface area contributed by atoms with E-state index in [0.717, 1.165) is 0 Å². The van der Waals surface area contributed by atoms with Gasteiger partial charge in [0.05, 0.1) is 11.6 Å². The molecule has 0 atom stereocenters. The van der Waals surface area contributed by atoms with Crippen LogP contribution in [-0.4, -0.2) is 23.2 Å². The van der Waals surface area contributed by atoms with Gasteiger partial charge in [-0.1, -0.05) is 0 Å². The smallest absolute Gasteiger partial charge is 0.257 e. The molecule has 1 aromatic carbocycles. The third kappa shape index (κ3) is 4.97. The van der Waals surface area contributed by atoms with Gasteiger partial charge in [0.2, 0.25) is 0 Å². The predicted molar refractivity (Wildman–Crippen MR) is 83.8 cm³/mol. The van der Waals surface area contributed by atoms with Crippen LogP contribution >= 0.6 is 40.4 Å². The van der Waals surface area contributed by atoms with E-state index in [0.29, 0.717) is 15.8 Å². The number of hydrogen-bond acceptors (Lipinski definition) is 4. The Balaban J connectivity index is 2.65. The largest absolute Gasteiger partial charge is 0.496 e. The molecule has 0 fully saturated rings. The first kappa shape index (κ1) is 15.6. The van der Waals surface area contributed by atoms with Crippen LogP contribution in [0.4, 0.5) is 0 Å². The molecule has 9 heteroatoms. The van der Waals surface area contributed by atoms with Crippen LogP contribution in [0.25, 0.3) is 0 Å². The van der Waals surface area contributed by atoms with Crippen molar-refractivity contribution in [1.29, 1.82) is 0 Å². The third-order valence-corrected chi connectivity index (χ3v) is 2.87. The summed E-state index contributed by atoms with van der Waals surface area (Å²) in [7, 11) is 1.54. The van der Waals surface area contributed by atoms with E-state index in [4.69, 9.17) is 22.7 Å². The Morgan fingerprint density at radius 2 is 2.05 bits per heavy atom. The van der Waals surface area contributed by atoms with E-state index in [1.807, 2.05) is 0 Å². The molecular formula is C10H11BrN4O2S2. The van der Waals surface area contributed by atoms with Gasteiger partial charge in [0.1, 0.15) is 5.75 Å². The van der Waals surface area contributed by atoms with E-state index >= 15 is 0 Å². The average Bonchev–Trinajstić information content (AvgIpc) is 2.36. The Hall–Kier alpha value is -1.45. The van der Waals surface area contributed by atoms with Gasteiger partial charge >= 0.3 is 0 Å². The molecule has 5 N–H and O–H groups in total. The summed E-state index contributed by atoms with van der Waals surface area (Å²) in [6.45, 7) is 0. The second-order valence-electron chi connectivity index (χ2n) is 3.25. The molecule has 0 unspecified atom stereocenters. The molecule has 0 bridgehead atoms. The number of thiocarbonyl (C=S) groups is 2. The predicted octanol–water partition coefficient (Wildman–Crippen LogP) is 0.810.